The number of hydrogen-bond acceptors (Lipinski definition) is 3. The third-order valence-electron chi connectivity index (χ3n) is 3.87. The summed E-state index contributed by atoms with van der Waals surface area (Å²) in [6.07, 6.45) is 0.840. The van der Waals surface area contributed by atoms with E-state index in [9.17, 15) is 9.90 Å². The molecule has 0 spiro atoms. The molecule has 0 aliphatic carbocycles. The van der Waals surface area contributed by atoms with Crippen molar-refractivity contribution in [3.05, 3.63) is 59.2 Å². The van der Waals surface area contributed by atoms with Crippen molar-refractivity contribution in [2.75, 3.05) is 13.7 Å². The zero-order valence-corrected chi connectivity index (χ0v) is 11.9. The fourth-order valence-corrected chi connectivity index (χ4v) is 2.70. The summed E-state index contributed by atoms with van der Waals surface area (Å²) in [5, 5.41) is 10.1. The van der Waals surface area contributed by atoms with E-state index in [-0.39, 0.29) is 17.2 Å². The Morgan fingerprint density at radius 2 is 1.90 bits per heavy atom. The van der Waals surface area contributed by atoms with Gasteiger partial charge in [0.1, 0.15) is 0 Å². The van der Waals surface area contributed by atoms with Crippen LogP contribution in [0.4, 0.5) is 0 Å². The normalized spacial score (nSPS) is 13.7. The number of aromatic hydroxyl groups is 1. The van der Waals surface area contributed by atoms with Crippen molar-refractivity contribution >= 4 is 5.91 Å². The topological polar surface area (TPSA) is 49.8 Å². The molecule has 0 saturated carbocycles. The van der Waals surface area contributed by atoms with Crippen LogP contribution in [0.3, 0.4) is 0 Å². The number of phenols is 1. The summed E-state index contributed by atoms with van der Waals surface area (Å²) >= 11 is 0. The van der Waals surface area contributed by atoms with Gasteiger partial charge < -0.3 is 14.7 Å². The molecule has 2 aromatic rings. The molecule has 0 atom stereocenters. The van der Waals surface area contributed by atoms with Gasteiger partial charge in [0.2, 0.25) is 0 Å². The molecule has 0 aromatic heterocycles. The van der Waals surface area contributed by atoms with Crippen molar-refractivity contribution in [2.24, 2.45) is 0 Å². The Hall–Kier alpha value is -2.49. The number of amides is 1. The van der Waals surface area contributed by atoms with Crippen LogP contribution in [0.1, 0.15) is 21.5 Å². The number of nitrogens with zero attached hydrogens (tertiary/aromatic N) is 1. The van der Waals surface area contributed by atoms with Crippen LogP contribution in [0, 0.1) is 0 Å². The molecule has 1 heterocycles. The zero-order chi connectivity index (χ0) is 14.8. The minimum Gasteiger partial charge on any atom is -0.504 e. The van der Waals surface area contributed by atoms with Crippen molar-refractivity contribution in [3.8, 4) is 11.5 Å². The maximum absolute atomic E-state index is 12.6. The first-order valence-electron chi connectivity index (χ1n) is 6.92. The van der Waals surface area contributed by atoms with E-state index in [0.717, 1.165) is 6.42 Å². The molecule has 1 aliphatic heterocycles. The van der Waals surface area contributed by atoms with Gasteiger partial charge in [-0.05, 0) is 29.7 Å². The highest BCUT2D eigenvalue weighted by Crippen LogP contribution is 2.31. The average molecular weight is 283 g/mol. The average Bonchev–Trinajstić information content (AvgIpc) is 2.54. The molecular weight excluding hydrogens is 266 g/mol. The summed E-state index contributed by atoms with van der Waals surface area (Å²) in [5.41, 5.74) is 2.74. The molecule has 0 unspecified atom stereocenters. The van der Waals surface area contributed by atoms with Crippen LogP contribution in [0.5, 0.6) is 11.5 Å². The summed E-state index contributed by atoms with van der Waals surface area (Å²) in [4.78, 5) is 14.4. The maximum atomic E-state index is 12.6. The molecule has 108 valence electrons. The van der Waals surface area contributed by atoms with Gasteiger partial charge in [0.25, 0.3) is 5.91 Å². The number of rotatable bonds is 2. The van der Waals surface area contributed by atoms with Gasteiger partial charge in [0, 0.05) is 13.1 Å². The van der Waals surface area contributed by atoms with Gasteiger partial charge in [0.05, 0.1) is 12.7 Å². The zero-order valence-electron chi connectivity index (χ0n) is 11.9. The Morgan fingerprint density at radius 3 is 2.67 bits per heavy atom. The largest absolute Gasteiger partial charge is 0.504 e. The van der Waals surface area contributed by atoms with Gasteiger partial charge in [0.15, 0.2) is 11.5 Å². The highest BCUT2D eigenvalue weighted by molar-refractivity contribution is 5.97. The van der Waals surface area contributed by atoms with E-state index in [4.69, 9.17) is 4.74 Å². The molecule has 3 rings (SSSR count). The molecule has 0 radical (unpaired) electrons. The SMILES string of the molecule is COc1cccc(C(=O)N2CCc3ccccc3C2)c1O. The summed E-state index contributed by atoms with van der Waals surface area (Å²) in [7, 11) is 1.47. The molecular formula is C17H17NO3. The molecule has 2 aromatic carbocycles. The Kier molecular flexibility index (Phi) is 3.52. The number of carbonyl (C=O) groups excluding carboxylic acids is 1. The van der Waals surface area contributed by atoms with E-state index < -0.39 is 0 Å². The van der Waals surface area contributed by atoms with Gasteiger partial charge in [-0.15, -0.1) is 0 Å². The van der Waals surface area contributed by atoms with E-state index >= 15 is 0 Å². The van der Waals surface area contributed by atoms with Crippen molar-refractivity contribution < 1.29 is 14.6 Å². The first-order valence-corrected chi connectivity index (χ1v) is 6.92. The lowest BCUT2D eigenvalue weighted by Crippen LogP contribution is -2.35. The number of methoxy groups -OCH3 is 1. The Labute approximate surface area is 123 Å². The standard InChI is InChI=1S/C17H17NO3/c1-21-15-8-4-7-14(16(15)19)17(20)18-10-9-12-5-2-3-6-13(12)11-18/h2-8,19H,9-11H2,1H3. The van der Waals surface area contributed by atoms with Crippen molar-refractivity contribution in [2.45, 2.75) is 13.0 Å². The van der Waals surface area contributed by atoms with E-state index in [1.165, 1.54) is 18.2 Å². The van der Waals surface area contributed by atoms with Gasteiger partial charge in [-0.25, -0.2) is 0 Å². The Bertz CT molecular complexity index is 681. The van der Waals surface area contributed by atoms with Gasteiger partial charge in [-0.3, -0.25) is 4.79 Å². The second-order valence-corrected chi connectivity index (χ2v) is 5.10. The predicted molar refractivity (Wildman–Crippen MR) is 79.5 cm³/mol. The molecule has 1 amide bonds. The minimum atomic E-state index is -0.166. The second-order valence-electron chi connectivity index (χ2n) is 5.10. The third-order valence-corrected chi connectivity index (χ3v) is 3.87. The van der Waals surface area contributed by atoms with Gasteiger partial charge >= 0.3 is 0 Å². The van der Waals surface area contributed by atoms with Crippen LogP contribution in [0.15, 0.2) is 42.5 Å². The molecule has 1 N–H and O–H groups in total. The number of benzene rings is 2. The number of carbonyl (C=O) groups is 1. The summed E-state index contributed by atoms with van der Waals surface area (Å²) < 4.78 is 5.06. The third kappa shape index (κ3) is 2.44. The fourth-order valence-electron chi connectivity index (χ4n) is 2.70. The molecule has 0 bridgehead atoms. The first kappa shape index (κ1) is 13.5. The predicted octanol–water partition coefficient (Wildman–Crippen LogP) is 2.60. The van der Waals surface area contributed by atoms with E-state index in [1.807, 2.05) is 18.2 Å². The smallest absolute Gasteiger partial charge is 0.258 e. The maximum Gasteiger partial charge on any atom is 0.258 e. The fraction of sp³-hybridized carbons (Fsp3) is 0.235. The number of para-hydroxylation sites is 1. The number of fused-ring (bicyclic) bond motifs is 1. The van der Waals surface area contributed by atoms with Crippen LogP contribution in [0.2, 0.25) is 0 Å². The highest BCUT2D eigenvalue weighted by Gasteiger charge is 2.24. The molecule has 0 fully saturated rings. The lowest BCUT2D eigenvalue weighted by molar-refractivity contribution is 0.0731. The molecule has 21 heavy (non-hydrogen) atoms. The van der Waals surface area contributed by atoms with E-state index in [0.29, 0.717) is 18.8 Å². The number of phenolic OH excluding ortho intramolecular Hbond substituents is 1. The summed E-state index contributed by atoms with van der Waals surface area (Å²) in [6, 6.07) is 13.1. The monoisotopic (exact) mass is 283 g/mol. The molecule has 1 aliphatic rings. The number of ether oxygens (including phenoxy) is 1. The van der Waals surface area contributed by atoms with Crippen molar-refractivity contribution in [1.82, 2.24) is 4.90 Å². The first-order chi connectivity index (χ1) is 10.2. The van der Waals surface area contributed by atoms with Crippen molar-refractivity contribution in [1.29, 1.82) is 0 Å². The summed E-state index contributed by atoms with van der Waals surface area (Å²) in [6.45, 7) is 1.23. The second kappa shape index (κ2) is 5.48. The lowest BCUT2D eigenvalue weighted by atomic mass is 9.99. The number of hydrogen-bond donors (Lipinski definition) is 1. The van der Waals surface area contributed by atoms with E-state index in [2.05, 4.69) is 6.07 Å². The highest BCUT2D eigenvalue weighted by atomic mass is 16.5. The van der Waals surface area contributed by atoms with Crippen molar-refractivity contribution in [3.63, 3.8) is 0 Å². The Morgan fingerprint density at radius 1 is 1.14 bits per heavy atom. The van der Waals surface area contributed by atoms with Crippen LogP contribution in [-0.2, 0) is 13.0 Å². The summed E-state index contributed by atoms with van der Waals surface area (Å²) in [5.74, 6) is 0.0584. The lowest BCUT2D eigenvalue weighted by Gasteiger charge is -2.29. The molecule has 4 heteroatoms. The van der Waals surface area contributed by atoms with Crippen LogP contribution in [-0.4, -0.2) is 29.6 Å². The van der Waals surface area contributed by atoms with Crippen LogP contribution < -0.4 is 4.74 Å². The van der Waals surface area contributed by atoms with E-state index in [1.54, 1.807) is 23.1 Å². The molecule has 0 saturated heterocycles. The Balaban J connectivity index is 1.87. The quantitative estimate of drug-likeness (QED) is 0.921. The minimum absolute atomic E-state index is 0.0936. The van der Waals surface area contributed by atoms with Gasteiger partial charge in [-0.1, -0.05) is 30.3 Å². The van der Waals surface area contributed by atoms with Crippen LogP contribution >= 0.6 is 0 Å². The van der Waals surface area contributed by atoms with Crippen LogP contribution in [0.25, 0.3) is 0 Å². The van der Waals surface area contributed by atoms with Gasteiger partial charge in [-0.2, -0.15) is 0 Å². The molecule has 4 nitrogen and oxygen atoms in total.